The first-order valence-electron chi connectivity index (χ1n) is 2.50. The molecule has 1 heterocycles. The lowest BCUT2D eigenvalue weighted by Crippen LogP contribution is -2.34. The average Bonchev–Trinajstić information content (AvgIpc) is 2.12. The van der Waals surface area contributed by atoms with E-state index in [0.29, 0.717) is 6.54 Å². The molecular formula is C5H8N2O. The summed E-state index contributed by atoms with van der Waals surface area (Å²) in [5, 5.41) is 1.53. The molecule has 0 aliphatic carbocycles. The van der Waals surface area contributed by atoms with E-state index in [1.54, 1.807) is 6.20 Å². The maximum atomic E-state index is 10.5. The summed E-state index contributed by atoms with van der Waals surface area (Å²) in [6, 6.07) is 0. The number of nitrogens with one attached hydrogen (secondary N) is 1. The van der Waals surface area contributed by atoms with E-state index in [1.807, 2.05) is 6.08 Å². The molecule has 0 aromatic carbocycles. The molecule has 1 rings (SSSR count). The zero-order chi connectivity index (χ0) is 5.98. The number of amides is 1. The number of hydrogen-bond donors (Lipinski definition) is 1. The van der Waals surface area contributed by atoms with Crippen molar-refractivity contribution < 1.29 is 4.79 Å². The SMILES string of the molecule is CC(=O)N1CC=CN1. The van der Waals surface area contributed by atoms with Gasteiger partial charge < -0.3 is 5.43 Å². The molecule has 0 atom stereocenters. The highest BCUT2D eigenvalue weighted by Crippen LogP contribution is 1.90. The van der Waals surface area contributed by atoms with Crippen LogP contribution in [0.3, 0.4) is 0 Å². The Hall–Kier alpha value is -0.990. The zero-order valence-electron chi connectivity index (χ0n) is 4.72. The quantitative estimate of drug-likeness (QED) is 0.473. The highest BCUT2D eigenvalue weighted by Gasteiger charge is 2.06. The minimum absolute atomic E-state index is 0.0509. The predicted octanol–water partition coefficient (Wildman–Crippen LogP) is -0.133. The van der Waals surface area contributed by atoms with Crippen molar-refractivity contribution >= 4 is 5.91 Å². The molecule has 0 bridgehead atoms. The molecule has 0 fully saturated rings. The second-order valence-corrected chi connectivity index (χ2v) is 1.66. The lowest BCUT2D eigenvalue weighted by Gasteiger charge is -2.11. The summed E-state index contributed by atoms with van der Waals surface area (Å²) >= 11 is 0. The molecule has 0 aromatic rings. The summed E-state index contributed by atoms with van der Waals surface area (Å²) in [7, 11) is 0. The third-order valence-corrected chi connectivity index (χ3v) is 1.02. The summed E-state index contributed by atoms with van der Waals surface area (Å²) < 4.78 is 0. The summed E-state index contributed by atoms with van der Waals surface area (Å²) in [5.41, 5.74) is 2.76. The van der Waals surface area contributed by atoms with Crippen molar-refractivity contribution in [2.75, 3.05) is 6.54 Å². The molecule has 1 N–H and O–H groups in total. The van der Waals surface area contributed by atoms with Crippen LogP contribution in [0, 0.1) is 0 Å². The van der Waals surface area contributed by atoms with E-state index in [1.165, 1.54) is 11.9 Å². The fourth-order valence-electron chi connectivity index (χ4n) is 0.573. The Morgan fingerprint density at radius 3 is 2.88 bits per heavy atom. The second-order valence-electron chi connectivity index (χ2n) is 1.66. The van der Waals surface area contributed by atoms with Crippen LogP contribution >= 0.6 is 0 Å². The molecule has 1 aliphatic heterocycles. The van der Waals surface area contributed by atoms with Gasteiger partial charge in [-0.15, -0.1) is 0 Å². The topological polar surface area (TPSA) is 32.3 Å². The van der Waals surface area contributed by atoms with Crippen molar-refractivity contribution in [3.63, 3.8) is 0 Å². The van der Waals surface area contributed by atoms with Crippen LogP contribution in [0.5, 0.6) is 0 Å². The molecule has 8 heavy (non-hydrogen) atoms. The standard InChI is InChI=1S/C5H8N2O/c1-5(8)7-4-2-3-6-7/h2-3,6H,4H2,1H3. The molecule has 0 saturated heterocycles. The van der Waals surface area contributed by atoms with Crippen LogP contribution in [0.2, 0.25) is 0 Å². The molecule has 0 spiro atoms. The number of rotatable bonds is 0. The molecule has 3 nitrogen and oxygen atoms in total. The third kappa shape index (κ3) is 0.804. The van der Waals surface area contributed by atoms with Crippen LogP contribution in [0.4, 0.5) is 0 Å². The molecule has 44 valence electrons. The molecule has 1 amide bonds. The van der Waals surface area contributed by atoms with Crippen LogP contribution < -0.4 is 5.43 Å². The summed E-state index contributed by atoms with van der Waals surface area (Å²) in [5.74, 6) is 0.0509. The van der Waals surface area contributed by atoms with Gasteiger partial charge in [-0.2, -0.15) is 0 Å². The minimum Gasteiger partial charge on any atom is -0.303 e. The monoisotopic (exact) mass is 112 g/mol. The molecule has 0 aromatic heterocycles. The van der Waals surface area contributed by atoms with Crippen molar-refractivity contribution in [2.45, 2.75) is 6.92 Å². The van der Waals surface area contributed by atoms with Gasteiger partial charge in [-0.05, 0) is 6.08 Å². The van der Waals surface area contributed by atoms with Crippen molar-refractivity contribution in [1.82, 2.24) is 10.4 Å². The van der Waals surface area contributed by atoms with Gasteiger partial charge in [0.05, 0.1) is 6.54 Å². The number of hydrogen-bond acceptors (Lipinski definition) is 2. The van der Waals surface area contributed by atoms with Gasteiger partial charge in [0.25, 0.3) is 0 Å². The second kappa shape index (κ2) is 1.86. The maximum absolute atomic E-state index is 10.5. The van der Waals surface area contributed by atoms with Crippen LogP contribution in [-0.4, -0.2) is 17.5 Å². The van der Waals surface area contributed by atoms with Crippen LogP contribution in [-0.2, 0) is 4.79 Å². The van der Waals surface area contributed by atoms with E-state index >= 15 is 0 Å². The van der Waals surface area contributed by atoms with Gasteiger partial charge >= 0.3 is 0 Å². The maximum Gasteiger partial charge on any atom is 0.238 e. The van der Waals surface area contributed by atoms with E-state index in [2.05, 4.69) is 5.43 Å². The average molecular weight is 112 g/mol. The first kappa shape index (κ1) is 5.15. The van der Waals surface area contributed by atoms with Gasteiger partial charge in [0.1, 0.15) is 0 Å². The van der Waals surface area contributed by atoms with E-state index in [0.717, 1.165) is 0 Å². The minimum atomic E-state index is 0.0509. The Balaban J connectivity index is 2.41. The molecule has 3 heteroatoms. The number of hydrazine groups is 1. The van der Waals surface area contributed by atoms with E-state index in [9.17, 15) is 4.79 Å². The lowest BCUT2D eigenvalue weighted by molar-refractivity contribution is -0.129. The summed E-state index contributed by atoms with van der Waals surface area (Å²) in [6.45, 7) is 2.22. The number of carbonyl (C=O) groups is 1. The first-order valence-corrected chi connectivity index (χ1v) is 2.50. The van der Waals surface area contributed by atoms with Gasteiger partial charge in [-0.3, -0.25) is 9.80 Å². The summed E-state index contributed by atoms with van der Waals surface area (Å²) in [4.78, 5) is 10.5. The smallest absolute Gasteiger partial charge is 0.238 e. The summed E-state index contributed by atoms with van der Waals surface area (Å²) in [6.07, 6.45) is 3.64. The first-order chi connectivity index (χ1) is 3.80. The normalized spacial score (nSPS) is 16.4. The van der Waals surface area contributed by atoms with Crippen LogP contribution in [0.15, 0.2) is 12.3 Å². The Morgan fingerprint density at radius 1 is 1.88 bits per heavy atom. The Bertz CT molecular complexity index is 122. The highest BCUT2D eigenvalue weighted by atomic mass is 16.2. The Kier molecular flexibility index (Phi) is 1.20. The molecular weight excluding hydrogens is 104 g/mol. The largest absolute Gasteiger partial charge is 0.303 e. The number of nitrogens with zero attached hydrogens (tertiary/aromatic N) is 1. The zero-order valence-corrected chi connectivity index (χ0v) is 4.72. The van der Waals surface area contributed by atoms with Gasteiger partial charge in [0, 0.05) is 13.1 Å². The Labute approximate surface area is 47.9 Å². The number of carbonyl (C=O) groups excluding carboxylic acids is 1. The van der Waals surface area contributed by atoms with Gasteiger partial charge in [0.2, 0.25) is 5.91 Å². The highest BCUT2D eigenvalue weighted by molar-refractivity contribution is 5.73. The van der Waals surface area contributed by atoms with Gasteiger partial charge in [0.15, 0.2) is 0 Å². The molecule has 0 radical (unpaired) electrons. The fraction of sp³-hybridized carbons (Fsp3) is 0.400. The predicted molar refractivity (Wildman–Crippen MR) is 29.7 cm³/mol. The van der Waals surface area contributed by atoms with Gasteiger partial charge in [-0.1, -0.05) is 0 Å². The molecule has 0 saturated carbocycles. The van der Waals surface area contributed by atoms with E-state index in [4.69, 9.17) is 0 Å². The van der Waals surface area contributed by atoms with Crippen molar-refractivity contribution in [1.29, 1.82) is 0 Å². The van der Waals surface area contributed by atoms with Crippen molar-refractivity contribution in [2.24, 2.45) is 0 Å². The Morgan fingerprint density at radius 2 is 2.62 bits per heavy atom. The molecule has 0 unspecified atom stereocenters. The van der Waals surface area contributed by atoms with E-state index < -0.39 is 0 Å². The lowest BCUT2D eigenvalue weighted by atomic mass is 10.6. The third-order valence-electron chi connectivity index (χ3n) is 1.02. The van der Waals surface area contributed by atoms with Crippen molar-refractivity contribution in [3.8, 4) is 0 Å². The van der Waals surface area contributed by atoms with Crippen molar-refractivity contribution in [3.05, 3.63) is 12.3 Å². The molecule has 1 aliphatic rings. The van der Waals surface area contributed by atoms with Crippen LogP contribution in [0.1, 0.15) is 6.92 Å². The fourth-order valence-corrected chi connectivity index (χ4v) is 0.573. The van der Waals surface area contributed by atoms with E-state index in [-0.39, 0.29) is 5.91 Å². The van der Waals surface area contributed by atoms with Crippen LogP contribution in [0.25, 0.3) is 0 Å². The van der Waals surface area contributed by atoms with Gasteiger partial charge in [-0.25, -0.2) is 0 Å².